The first-order valence-corrected chi connectivity index (χ1v) is 11.1. The molecule has 0 spiro atoms. The second-order valence-corrected chi connectivity index (χ2v) is 8.95. The van der Waals surface area contributed by atoms with E-state index in [1.165, 1.54) is 53.9 Å². The molecule has 0 atom stereocenters. The number of carboxylic acid groups (broad SMARTS) is 1. The van der Waals surface area contributed by atoms with Crippen LogP contribution in [0.4, 0.5) is 5.69 Å². The number of carbonyl (C=O) groups excluding carboxylic acids is 1. The van der Waals surface area contributed by atoms with Crippen LogP contribution in [0.1, 0.15) is 46.4 Å². The highest BCUT2D eigenvalue weighted by molar-refractivity contribution is 7.89. The minimum absolute atomic E-state index is 0.0385. The van der Waals surface area contributed by atoms with Crippen LogP contribution in [0, 0.1) is 0 Å². The highest BCUT2D eigenvalue weighted by Gasteiger charge is 2.27. The van der Waals surface area contributed by atoms with Crippen molar-refractivity contribution in [2.75, 3.05) is 25.5 Å². The third-order valence-corrected chi connectivity index (χ3v) is 6.90. The lowest BCUT2D eigenvalue weighted by molar-refractivity contribution is 0.0696. The Bertz CT molecular complexity index is 1030. The number of nitrogens with zero attached hydrogens (tertiary/aromatic N) is 1. The maximum atomic E-state index is 13.1. The molecule has 1 saturated heterocycles. The molecule has 30 heavy (non-hydrogen) atoms. The summed E-state index contributed by atoms with van der Waals surface area (Å²) in [5.41, 5.74) is 0.555. The Morgan fingerprint density at radius 2 is 1.63 bits per heavy atom. The van der Waals surface area contributed by atoms with Crippen molar-refractivity contribution in [2.45, 2.75) is 30.6 Å². The number of sulfonamides is 1. The van der Waals surface area contributed by atoms with E-state index in [2.05, 4.69) is 5.32 Å². The monoisotopic (exact) mass is 432 g/mol. The quantitative estimate of drug-likeness (QED) is 0.725. The average molecular weight is 432 g/mol. The fraction of sp³-hybridized carbons (Fsp3) is 0.333. The maximum absolute atomic E-state index is 13.1. The zero-order valence-electron chi connectivity index (χ0n) is 16.6. The molecular weight excluding hydrogens is 408 g/mol. The van der Waals surface area contributed by atoms with E-state index in [0.29, 0.717) is 18.8 Å². The highest BCUT2D eigenvalue weighted by atomic mass is 32.2. The van der Waals surface area contributed by atoms with E-state index in [4.69, 9.17) is 9.84 Å². The largest absolute Gasteiger partial charge is 0.496 e. The molecule has 1 aliphatic heterocycles. The fourth-order valence-electron chi connectivity index (χ4n) is 3.35. The number of benzene rings is 2. The molecule has 1 amide bonds. The Balaban J connectivity index is 1.88. The molecule has 2 aromatic rings. The molecule has 0 unspecified atom stereocenters. The second kappa shape index (κ2) is 9.27. The van der Waals surface area contributed by atoms with Gasteiger partial charge in [-0.05, 0) is 55.3 Å². The summed E-state index contributed by atoms with van der Waals surface area (Å²) >= 11 is 0. The van der Waals surface area contributed by atoms with Crippen LogP contribution in [-0.4, -0.2) is 49.9 Å². The zero-order valence-corrected chi connectivity index (χ0v) is 17.4. The Labute approximate surface area is 175 Å². The molecule has 0 aromatic heterocycles. The van der Waals surface area contributed by atoms with E-state index in [-0.39, 0.29) is 21.8 Å². The molecule has 0 saturated carbocycles. The summed E-state index contributed by atoms with van der Waals surface area (Å²) in [4.78, 5) is 23.8. The van der Waals surface area contributed by atoms with Gasteiger partial charge in [0.2, 0.25) is 10.0 Å². The maximum Gasteiger partial charge on any atom is 0.335 e. The minimum Gasteiger partial charge on any atom is -0.496 e. The van der Waals surface area contributed by atoms with Gasteiger partial charge in [0.1, 0.15) is 5.75 Å². The molecule has 1 fully saturated rings. The van der Waals surface area contributed by atoms with Crippen LogP contribution in [0.3, 0.4) is 0 Å². The summed E-state index contributed by atoms with van der Waals surface area (Å²) in [5, 5.41) is 11.6. The Morgan fingerprint density at radius 3 is 2.20 bits per heavy atom. The molecule has 0 aliphatic carbocycles. The summed E-state index contributed by atoms with van der Waals surface area (Å²) in [7, 11) is -2.32. The van der Waals surface area contributed by atoms with Crippen molar-refractivity contribution in [2.24, 2.45) is 0 Å². The van der Waals surface area contributed by atoms with Crippen LogP contribution in [0.2, 0.25) is 0 Å². The van der Waals surface area contributed by atoms with E-state index in [1.807, 2.05) is 0 Å². The Hall–Kier alpha value is -2.91. The van der Waals surface area contributed by atoms with Gasteiger partial charge in [-0.2, -0.15) is 4.31 Å². The van der Waals surface area contributed by atoms with Crippen LogP contribution in [0.5, 0.6) is 5.75 Å². The summed E-state index contributed by atoms with van der Waals surface area (Å²) < 4.78 is 32.9. The summed E-state index contributed by atoms with van der Waals surface area (Å²) in [6.07, 6.45) is 3.63. The number of hydrogen-bond acceptors (Lipinski definition) is 5. The van der Waals surface area contributed by atoms with Gasteiger partial charge in [-0.1, -0.05) is 12.8 Å². The normalized spacial score (nSPS) is 15.2. The van der Waals surface area contributed by atoms with Crippen LogP contribution >= 0.6 is 0 Å². The van der Waals surface area contributed by atoms with E-state index < -0.39 is 21.9 Å². The van der Waals surface area contributed by atoms with Gasteiger partial charge in [0.15, 0.2) is 0 Å². The first kappa shape index (κ1) is 21.8. The molecule has 2 aromatic carbocycles. The van der Waals surface area contributed by atoms with Gasteiger partial charge in [-0.3, -0.25) is 4.79 Å². The van der Waals surface area contributed by atoms with E-state index in [9.17, 15) is 18.0 Å². The third-order valence-electron chi connectivity index (χ3n) is 5.01. The van der Waals surface area contributed by atoms with Crippen molar-refractivity contribution in [3.63, 3.8) is 0 Å². The predicted molar refractivity (Wildman–Crippen MR) is 112 cm³/mol. The number of rotatable bonds is 6. The first-order valence-electron chi connectivity index (χ1n) is 9.66. The fourth-order valence-corrected chi connectivity index (χ4v) is 4.89. The standard InChI is InChI=1S/C21H24N2O6S/c1-29-19-11-10-17(30(27,28)23-12-4-2-3-5-13-23)14-18(19)20(24)22-16-8-6-15(7-9-16)21(25)26/h6-11,14H,2-5,12-13H2,1H3,(H,22,24)(H,25,26). The van der Waals surface area contributed by atoms with Crippen molar-refractivity contribution < 1.29 is 27.9 Å². The summed E-state index contributed by atoms with van der Waals surface area (Å²) in [5.74, 6) is -1.38. The smallest absolute Gasteiger partial charge is 0.335 e. The molecule has 8 nitrogen and oxygen atoms in total. The lowest BCUT2D eigenvalue weighted by Gasteiger charge is -2.20. The molecule has 160 valence electrons. The highest BCUT2D eigenvalue weighted by Crippen LogP contribution is 2.27. The van der Waals surface area contributed by atoms with Gasteiger partial charge in [-0.25, -0.2) is 13.2 Å². The van der Waals surface area contributed by atoms with Crippen molar-refractivity contribution in [1.82, 2.24) is 4.31 Å². The number of nitrogens with one attached hydrogen (secondary N) is 1. The number of amides is 1. The van der Waals surface area contributed by atoms with Crippen LogP contribution in [0.25, 0.3) is 0 Å². The zero-order chi connectivity index (χ0) is 21.7. The van der Waals surface area contributed by atoms with Gasteiger partial charge < -0.3 is 15.2 Å². The number of aromatic carboxylic acids is 1. The molecule has 0 radical (unpaired) electrons. The average Bonchev–Trinajstić information content (AvgIpc) is 3.03. The second-order valence-electron chi connectivity index (χ2n) is 7.02. The molecule has 1 aliphatic rings. The first-order chi connectivity index (χ1) is 14.3. The van der Waals surface area contributed by atoms with E-state index in [1.54, 1.807) is 0 Å². The van der Waals surface area contributed by atoms with Crippen LogP contribution in [-0.2, 0) is 10.0 Å². The minimum atomic E-state index is -3.72. The molecule has 9 heteroatoms. The number of anilines is 1. The lowest BCUT2D eigenvalue weighted by Crippen LogP contribution is -2.32. The number of ether oxygens (including phenoxy) is 1. The van der Waals surface area contributed by atoms with Gasteiger partial charge >= 0.3 is 5.97 Å². The number of carbonyl (C=O) groups is 2. The third kappa shape index (κ3) is 4.80. The van der Waals surface area contributed by atoms with Crippen molar-refractivity contribution >= 4 is 27.6 Å². The molecular formula is C21H24N2O6S. The Morgan fingerprint density at radius 1 is 1.00 bits per heavy atom. The molecule has 2 N–H and O–H groups in total. The lowest BCUT2D eigenvalue weighted by atomic mass is 10.1. The molecule has 0 bridgehead atoms. The van der Waals surface area contributed by atoms with Gasteiger partial charge in [-0.15, -0.1) is 0 Å². The number of carboxylic acids is 1. The van der Waals surface area contributed by atoms with Gasteiger partial charge in [0, 0.05) is 18.8 Å². The predicted octanol–water partition coefficient (Wildman–Crippen LogP) is 3.21. The molecule has 3 rings (SSSR count). The summed E-state index contributed by atoms with van der Waals surface area (Å²) in [6, 6.07) is 9.90. The van der Waals surface area contributed by atoms with Gasteiger partial charge in [0.25, 0.3) is 5.91 Å². The van der Waals surface area contributed by atoms with Crippen LogP contribution in [0.15, 0.2) is 47.4 Å². The van der Waals surface area contributed by atoms with E-state index in [0.717, 1.165) is 25.7 Å². The SMILES string of the molecule is COc1ccc(S(=O)(=O)N2CCCCCC2)cc1C(=O)Nc1ccc(C(=O)O)cc1. The molecule has 1 heterocycles. The van der Waals surface area contributed by atoms with Crippen molar-refractivity contribution in [1.29, 1.82) is 0 Å². The number of hydrogen-bond donors (Lipinski definition) is 2. The van der Waals surface area contributed by atoms with Crippen molar-refractivity contribution in [3.8, 4) is 5.75 Å². The Kier molecular flexibility index (Phi) is 6.73. The number of methoxy groups -OCH3 is 1. The topological polar surface area (TPSA) is 113 Å². The van der Waals surface area contributed by atoms with E-state index >= 15 is 0 Å². The van der Waals surface area contributed by atoms with Crippen LogP contribution < -0.4 is 10.1 Å². The van der Waals surface area contributed by atoms with Gasteiger partial charge in [0.05, 0.1) is 23.1 Å². The summed E-state index contributed by atoms with van der Waals surface area (Å²) in [6.45, 7) is 0.928. The van der Waals surface area contributed by atoms with Crippen molar-refractivity contribution in [3.05, 3.63) is 53.6 Å².